The third kappa shape index (κ3) is 6.29. The van der Waals surface area contributed by atoms with Gasteiger partial charge in [0.2, 0.25) is 0 Å². The summed E-state index contributed by atoms with van der Waals surface area (Å²) in [4.78, 5) is 11.9. The maximum Gasteiger partial charge on any atom is 0.251 e. The van der Waals surface area contributed by atoms with E-state index < -0.39 is 0 Å². The molecule has 5 nitrogen and oxygen atoms in total. The Balaban J connectivity index is 2.29. The number of nitrogens with one attached hydrogen (secondary N) is 1. The third-order valence-electron chi connectivity index (χ3n) is 3.37. The second kappa shape index (κ2) is 9.80. The molecule has 0 saturated heterocycles. The van der Waals surface area contributed by atoms with Crippen molar-refractivity contribution in [2.45, 2.75) is 45.4 Å². The number of nitrogens with zero attached hydrogens (tertiary/aromatic N) is 1. The van der Waals surface area contributed by atoms with Gasteiger partial charge in [0, 0.05) is 17.7 Å². The van der Waals surface area contributed by atoms with E-state index in [0.717, 1.165) is 12.8 Å². The predicted octanol–water partition coefficient (Wildman–Crippen LogP) is 2.87. The molecule has 1 aromatic rings. The van der Waals surface area contributed by atoms with Crippen LogP contribution in [0.2, 0.25) is 0 Å². The number of benzene rings is 1. The van der Waals surface area contributed by atoms with Crippen molar-refractivity contribution in [2.24, 2.45) is 10.9 Å². The van der Waals surface area contributed by atoms with Crippen LogP contribution in [-0.4, -0.2) is 23.5 Å². The molecule has 0 atom stereocenters. The molecule has 0 fully saturated rings. The summed E-state index contributed by atoms with van der Waals surface area (Å²) in [6, 6.07) is 6.66. The first-order chi connectivity index (χ1) is 10.2. The summed E-state index contributed by atoms with van der Waals surface area (Å²) >= 11 is 0. The monoisotopic (exact) mass is 291 g/mol. The molecule has 0 spiro atoms. The number of unbranched alkanes of at least 4 members (excludes halogenated alkanes) is 5. The Labute approximate surface area is 126 Å². The lowest BCUT2D eigenvalue weighted by atomic mass is 10.1. The van der Waals surface area contributed by atoms with Gasteiger partial charge in [0.25, 0.3) is 5.91 Å². The van der Waals surface area contributed by atoms with E-state index >= 15 is 0 Å². The Morgan fingerprint density at radius 2 is 1.67 bits per heavy atom. The van der Waals surface area contributed by atoms with E-state index in [0.29, 0.717) is 17.7 Å². The Morgan fingerprint density at radius 1 is 1.10 bits per heavy atom. The van der Waals surface area contributed by atoms with E-state index in [1.54, 1.807) is 24.3 Å². The summed E-state index contributed by atoms with van der Waals surface area (Å²) in [5, 5.41) is 14.4. The number of carbonyl (C=O) groups is 1. The van der Waals surface area contributed by atoms with E-state index in [9.17, 15) is 4.79 Å². The SMILES string of the molecule is CCCCCCCCNC(=O)c1ccc(C(N)=NO)cc1. The van der Waals surface area contributed by atoms with Crippen LogP contribution >= 0.6 is 0 Å². The molecule has 0 aromatic heterocycles. The summed E-state index contributed by atoms with van der Waals surface area (Å²) in [5.74, 6) is -0.0522. The Hall–Kier alpha value is -2.04. The highest BCUT2D eigenvalue weighted by molar-refractivity contribution is 5.99. The second-order valence-corrected chi connectivity index (χ2v) is 5.09. The fourth-order valence-electron chi connectivity index (χ4n) is 2.06. The molecule has 0 bridgehead atoms. The first kappa shape index (κ1) is 17.0. The van der Waals surface area contributed by atoms with Gasteiger partial charge in [0.1, 0.15) is 0 Å². The van der Waals surface area contributed by atoms with Crippen molar-refractivity contribution >= 4 is 11.7 Å². The molecule has 0 aliphatic heterocycles. The molecule has 0 unspecified atom stereocenters. The molecular formula is C16H25N3O2. The van der Waals surface area contributed by atoms with E-state index in [1.807, 2.05) is 0 Å². The van der Waals surface area contributed by atoms with Gasteiger partial charge in [-0.15, -0.1) is 0 Å². The quantitative estimate of drug-likeness (QED) is 0.215. The third-order valence-corrected chi connectivity index (χ3v) is 3.37. The van der Waals surface area contributed by atoms with Crippen molar-refractivity contribution < 1.29 is 10.0 Å². The molecule has 0 aliphatic carbocycles. The zero-order valence-electron chi connectivity index (χ0n) is 12.6. The number of carbonyl (C=O) groups excluding carboxylic acids is 1. The molecule has 1 rings (SSSR count). The predicted molar refractivity (Wildman–Crippen MR) is 84.7 cm³/mol. The van der Waals surface area contributed by atoms with Crippen LogP contribution < -0.4 is 11.1 Å². The molecule has 0 saturated carbocycles. The average molecular weight is 291 g/mol. The number of hydrogen-bond acceptors (Lipinski definition) is 3. The van der Waals surface area contributed by atoms with Crippen LogP contribution in [-0.2, 0) is 0 Å². The largest absolute Gasteiger partial charge is 0.409 e. The van der Waals surface area contributed by atoms with Crippen molar-refractivity contribution in [2.75, 3.05) is 6.54 Å². The number of nitrogens with two attached hydrogens (primary N) is 1. The van der Waals surface area contributed by atoms with Gasteiger partial charge < -0.3 is 16.3 Å². The van der Waals surface area contributed by atoms with E-state index in [-0.39, 0.29) is 11.7 Å². The van der Waals surface area contributed by atoms with E-state index in [4.69, 9.17) is 10.9 Å². The molecule has 0 heterocycles. The van der Waals surface area contributed by atoms with Crippen molar-refractivity contribution in [3.05, 3.63) is 35.4 Å². The number of hydrogen-bond donors (Lipinski definition) is 3. The van der Waals surface area contributed by atoms with Gasteiger partial charge in [0.15, 0.2) is 5.84 Å². The number of oxime groups is 1. The Morgan fingerprint density at radius 3 is 2.29 bits per heavy atom. The highest BCUT2D eigenvalue weighted by atomic mass is 16.4. The van der Waals surface area contributed by atoms with Crippen LogP contribution in [0, 0.1) is 0 Å². The molecule has 0 radical (unpaired) electrons. The van der Waals surface area contributed by atoms with Crippen LogP contribution in [0.4, 0.5) is 0 Å². The summed E-state index contributed by atoms with van der Waals surface area (Å²) in [6.07, 6.45) is 7.22. The lowest BCUT2D eigenvalue weighted by Crippen LogP contribution is -2.24. The first-order valence-corrected chi connectivity index (χ1v) is 7.55. The van der Waals surface area contributed by atoms with Crippen LogP contribution in [0.5, 0.6) is 0 Å². The smallest absolute Gasteiger partial charge is 0.251 e. The summed E-state index contributed by atoms with van der Waals surface area (Å²) < 4.78 is 0. The van der Waals surface area contributed by atoms with Gasteiger partial charge in [-0.2, -0.15) is 0 Å². The highest BCUT2D eigenvalue weighted by Gasteiger charge is 2.05. The maximum absolute atomic E-state index is 11.9. The Bertz CT molecular complexity index is 455. The van der Waals surface area contributed by atoms with Crippen molar-refractivity contribution in [1.82, 2.24) is 5.32 Å². The fraction of sp³-hybridized carbons (Fsp3) is 0.500. The maximum atomic E-state index is 11.9. The molecule has 0 aliphatic rings. The van der Waals surface area contributed by atoms with Crippen LogP contribution in [0.3, 0.4) is 0 Å². The molecule has 1 amide bonds. The molecule has 1 aromatic carbocycles. The normalized spacial score (nSPS) is 11.4. The second-order valence-electron chi connectivity index (χ2n) is 5.09. The van der Waals surface area contributed by atoms with Gasteiger partial charge in [-0.3, -0.25) is 4.79 Å². The van der Waals surface area contributed by atoms with Crippen LogP contribution in [0.25, 0.3) is 0 Å². The minimum absolute atomic E-state index is 0.0361. The minimum atomic E-state index is -0.0883. The Kier molecular flexibility index (Phi) is 7.94. The average Bonchev–Trinajstić information content (AvgIpc) is 2.53. The lowest BCUT2D eigenvalue weighted by molar-refractivity contribution is 0.0953. The first-order valence-electron chi connectivity index (χ1n) is 7.55. The van der Waals surface area contributed by atoms with Gasteiger partial charge in [-0.25, -0.2) is 0 Å². The van der Waals surface area contributed by atoms with Crippen molar-refractivity contribution in [1.29, 1.82) is 0 Å². The van der Waals surface area contributed by atoms with Crippen molar-refractivity contribution in [3.63, 3.8) is 0 Å². The molecule has 4 N–H and O–H groups in total. The lowest BCUT2D eigenvalue weighted by Gasteiger charge is -2.06. The zero-order valence-corrected chi connectivity index (χ0v) is 12.6. The minimum Gasteiger partial charge on any atom is -0.409 e. The summed E-state index contributed by atoms with van der Waals surface area (Å²) in [6.45, 7) is 2.90. The topological polar surface area (TPSA) is 87.7 Å². The molecule has 21 heavy (non-hydrogen) atoms. The standard InChI is InChI=1S/C16H25N3O2/c1-2-3-4-5-6-7-12-18-16(20)14-10-8-13(9-11-14)15(17)19-21/h8-11,21H,2-7,12H2,1H3,(H2,17,19)(H,18,20). The summed E-state index contributed by atoms with van der Waals surface area (Å²) in [7, 11) is 0. The number of rotatable bonds is 9. The molecule has 116 valence electrons. The number of amidine groups is 1. The van der Waals surface area contributed by atoms with Crippen LogP contribution in [0.15, 0.2) is 29.4 Å². The summed E-state index contributed by atoms with van der Waals surface area (Å²) in [5.41, 5.74) is 6.64. The van der Waals surface area contributed by atoms with Gasteiger partial charge in [-0.05, 0) is 18.6 Å². The van der Waals surface area contributed by atoms with Crippen LogP contribution in [0.1, 0.15) is 61.4 Å². The number of amides is 1. The van der Waals surface area contributed by atoms with Gasteiger partial charge in [0.05, 0.1) is 0 Å². The molecular weight excluding hydrogens is 266 g/mol. The van der Waals surface area contributed by atoms with Gasteiger partial charge >= 0.3 is 0 Å². The fourth-order valence-corrected chi connectivity index (χ4v) is 2.06. The highest BCUT2D eigenvalue weighted by Crippen LogP contribution is 2.06. The molecule has 5 heteroatoms. The zero-order chi connectivity index (χ0) is 15.5. The van der Waals surface area contributed by atoms with Crippen molar-refractivity contribution in [3.8, 4) is 0 Å². The van der Waals surface area contributed by atoms with E-state index in [2.05, 4.69) is 17.4 Å². The van der Waals surface area contributed by atoms with E-state index in [1.165, 1.54) is 25.7 Å². The van der Waals surface area contributed by atoms with Gasteiger partial charge in [-0.1, -0.05) is 56.3 Å².